The number of aromatic amines is 1. The van der Waals surface area contributed by atoms with Gasteiger partial charge in [-0.1, -0.05) is 89.2 Å². The van der Waals surface area contributed by atoms with E-state index in [0.29, 0.717) is 11.5 Å². The number of hydrogen-bond acceptors (Lipinski definition) is 11. The minimum atomic E-state index is -3.60. The third-order valence-electron chi connectivity index (χ3n) is 10.9. The van der Waals surface area contributed by atoms with Gasteiger partial charge in [0.25, 0.3) is 5.56 Å². The Morgan fingerprint density at radius 2 is 1.52 bits per heavy atom. The van der Waals surface area contributed by atoms with Crippen molar-refractivity contribution in [2.45, 2.75) is 82.9 Å². The topological polar surface area (TPSA) is 185 Å². The molecule has 15 nitrogen and oxygen atoms in total. The van der Waals surface area contributed by atoms with Crippen molar-refractivity contribution in [2.75, 3.05) is 26.1 Å². The smallest absolute Gasteiger partial charge is 0.317 e. The number of ether oxygens (including phenoxy) is 4. The average Bonchev–Trinajstić information content (AvgIpc) is 3.76. The second kappa shape index (κ2) is 17.3. The Hall–Kier alpha value is -4.67. The Kier molecular flexibility index (Phi) is 12.8. The van der Waals surface area contributed by atoms with Gasteiger partial charge in [0.2, 0.25) is 11.9 Å². The molecule has 1 amide bonds. The van der Waals surface area contributed by atoms with Crippen molar-refractivity contribution < 1.29 is 42.2 Å². The van der Waals surface area contributed by atoms with Gasteiger partial charge in [-0.15, -0.1) is 0 Å². The molecule has 1 aliphatic rings. The molecular formula is C41H52N5O10PSi. The largest absolute Gasteiger partial charge is 0.497 e. The number of H-pyrrole nitrogens is 1. The molecule has 5 atom stereocenters. The fourth-order valence-corrected chi connectivity index (χ4v) is 8.48. The van der Waals surface area contributed by atoms with Crippen LogP contribution in [0.25, 0.3) is 11.2 Å². The van der Waals surface area contributed by atoms with Crippen LogP contribution in [0.15, 0.2) is 90.0 Å². The summed E-state index contributed by atoms with van der Waals surface area (Å²) in [7, 11) is -3.06. The molecule has 310 valence electrons. The first kappa shape index (κ1) is 42.9. The number of imidazole rings is 1. The fraction of sp³-hybridized carbons (Fsp3) is 0.415. The first-order valence-corrected chi connectivity index (χ1v) is 23.2. The van der Waals surface area contributed by atoms with E-state index in [9.17, 15) is 19.0 Å². The molecule has 3 N–H and O–H groups in total. The molecular weight excluding hydrogens is 782 g/mol. The lowest BCUT2D eigenvalue weighted by Crippen LogP contribution is -2.50. The summed E-state index contributed by atoms with van der Waals surface area (Å²) in [5.74, 6) is 0.482. The molecule has 1 saturated heterocycles. The molecule has 0 bridgehead atoms. The summed E-state index contributed by atoms with van der Waals surface area (Å²) >= 11 is 0. The highest BCUT2D eigenvalue weighted by Crippen LogP contribution is 2.47. The zero-order valence-corrected chi connectivity index (χ0v) is 36.1. The highest BCUT2D eigenvalue weighted by molar-refractivity contribution is 7.32. The van der Waals surface area contributed by atoms with Crippen LogP contribution in [0.1, 0.15) is 57.5 Å². The minimum absolute atomic E-state index is 0.0368. The molecule has 6 rings (SSSR count). The van der Waals surface area contributed by atoms with E-state index >= 15 is 0 Å². The molecule has 1 unspecified atom stereocenters. The van der Waals surface area contributed by atoms with Crippen molar-refractivity contribution in [3.63, 3.8) is 0 Å². The molecule has 0 saturated carbocycles. The van der Waals surface area contributed by atoms with Gasteiger partial charge in [-0.25, -0.2) is 4.98 Å². The Balaban J connectivity index is 1.51. The number of nitrogens with one attached hydrogen (secondary N) is 2. The highest BCUT2D eigenvalue weighted by Gasteiger charge is 2.53. The predicted octanol–water partition coefficient (Wildman–Crippen LogP) is 6.80. The van der Waals surface area contributed by atoms with Crippen LogP contribution >= 0.6 is 8.25 Å². The van der Waals surface area contributed by atoms with Crippen molar-refractivity contribution in [1.29, 1.82) is 0 Å². The summed E-state index contributed by atoms with van der Waals surface area (Å²) in [6.45, 7) is 13.7. The molecule has 1 aliphatic heterocycles. The Labute approximate surface area is 339 Å². The summed E-state index contributed by atoms with van der Waals surface area (Å²) < 4.78 is 52.2. The van der Waals surface area contributed by atoms with Crippen LogP contribution in [0.2, 0.25) is 18.1 Å². The molecule has 0 aliphatic carbocycles. The second-order valence-corrected chi connectivity index (χ2v) is 21.5. The predicted molar refractivity (Wildman–Crippen MR) is 222 cm³/mol. The number of anilines is 1. The van der Waals surface area contributed by atoms with E-state index < -0.39 is 58.2 Å². The van der Waals surface area contributed by atoms with E-state index in [4.69, 9.17) is 27.9 Å². The molecule has 3 aromatic carbocycles. The van der Waals surface area contributed by atoms with Crippen molar-refractivity contribution >= 4 is 39.6 Å². The molecule has 2 aromatic heterocycles. The maximum atomic E-state index is 13.2. The van der Waals surface area contributed by atoms with Gasteiger partial charge in [-0.05, 0) is 59.1 Å². The number of carbonyl (C=O) groups is 1. The summed E-state index contributed by atoms with van der Waals surface area (Å²) in [4.78, 5) is 47.6. The van der Waals surface area contributed by atoms with Crippen LogP contribution in [-0.4, -0.2) is 77.8 Å². The maximum Gasteiger partial charge on any atom is 0.317 e. The van der Waals surface area contributed by atoms with Gasteiger partial charge in [0, 0.05) is 5.92 Å². The zero-order chi connectivity index (χ0) is 42.0. The van der Waals surface area contributed by atoms with Crippen LogP contribution in [0.5, 0.6) is 11.5 Å². The lowest BCUT2D eigenvalue weighted by molar-refractivity contribution is -0.118. The van der Waals surface area contributed by atoms with Gasteiger partial charge < -0.3 is 28.3 Å². The van der Waals surface area contributed by atoms with Crippen LogP contribution < -0.4 is 20.3 Å². The van der Waals surface area contributed by atoms with Crippen molar-refractivity contribution in [1.82, 2.24) is 19.5 Å². The molecule has 58 heavy (non-hydrogen) atoms. The second-order valence-electron chi connectivity index (χ2n) is 16.0. The lowest BCUT2D eigenvalue weighted by Gasteiger charge is -2.41. The third kappa shape index (κ3) is 8.69. The Morgan fingerprint density at radius 3 is 2.03 bits per heavy atom. The number of benzene rings is 3. The highest BCUT2D eigenvalue weighted by atomic mass is 31.1. The normalized spacial score (nSPS) is 19.4. The zero-order valence-electron chi connectivity index (χ0n) is 34.1. The van der Waals surface area contributed by atoms with E-state index in [-0.39, 0.29) is 34.7 Å². The lowest BCUT2D eigenvalue weighted by atomic mass is 9.80. The van der Waals surface area contributed by atoms with Crippen molar-refractivity contribution in [3.8, 4) is 11.5 Å². The summed E-state index contributed by atoms with van der Waals surface area (Å²) in [5.41, 5.74) is 0.573. The number of aromatic nitrogens is 4. The van der Waals surface area contributed by atoms with Gasteiger partial charge >= 0.3 is 8.25 Å². The third-order valence-corrected chi connectivity index (χ3v) is 15.8. The van der Waals surface area contributed by atoms with Crippen LogP contribution in [0.3, 0.4) is 0 Å². The van der Waals surface area contributed by atoms with E-state index in [1.807, 2.05) is 78.9 Å². The number of fused-ring (bicyclic) bond motifs is 1. The summed E-state index contributed by atoms with van der Waals surface area (Å²) in [5, 5.41) is 2.34. The number of hydrogen-bond donors (Lipinski definition) is 3. The molecule has 0 spiro atoms. The Morgan fingerprint density at radius 1 is 0.948 bits per heavy atom. The monoisotopic (exact) mass is 833 g/mol. The van der Waals surface area contributed by atoms with Crippen LogP contribution in [-0.2, 0) is 33.4 Å². The van der Waals surface area contributed by atoms with Gasteiger partial charge in [0.1, 0.15) is 35.4 Å². The number of carbonyl (C=O) groups excluding carboxylic acids is 1. The minimum Gasteiger partial charge on any atom is -0.497 e. The summed E-state index contributed by atoms with van der Waals surface area (Å²) in [6.07, 6.45) is -2.88. The average molecular weight is 834 g/mol. The number of nitrogens with zero attached hydrogens (tertiary/aromatic N) is 3. The number of methoxy groups -OCH3 is 2. The van der Waals surface area contributed by atoms with Crippen LogP contribution in [0, 0.1) is 5.92 Å². The number of rotatable bonds is 15. The van der Waals surface area contributed by atoms with Crippen molar-refractivity contribution in [3.05, 3.63) is 112 Å². The van der Waals surface area contributed by atoms with Crippen molar-refractivity contribution in [2.24, 2.45) is 5.92 Å². The molecule has 17 heteroatoms. The number of amides is 1. The van der Waals surface area contributed by atoms with E-state index in [2.05, 4.69) is 54.1 Å². The quantitative estimate of drug-likeness (QED) is 0.0571. The molecule has 0 radical (unpaired) electrons. The summed E-state index contributed by atoms with van der Waals surface area (Å²) in [6, 6.07) is 25.0. The fourth-order valence-electron chi connectivity index (χ4n) is 6.68. The van der Waals surface area contributed by atoms with Gasteiger partial charge in [0.15, 0.2) is 25.7 Å². The van der Waals surface area contributed by atoms with E-state index in [1.165, 1.54) is 10.9 Å². The first-order chi connectivity index (χ1) is 27.5. The van der Waals surface area contributed by atoms with Gasteiger partial charge in [-0.3, -0.25) is 33.5 Å². The maximum absolute atomic E-state index is 13.2. The van der Waals surface area contributed by atoms with Gasteiger partial charge in [0.05, 0.1) is 27.2 Å². The Bertz CT molecular complexity index is 2230. The molecule has 3 heterocycles. The molecule has 1 fully saturated rings. The molecule has 5 aromatic rings. The first-order valence-electron chi connectivity index (χ1n) is 19.0. The SMILES string of the molecule is COc1ccc(C(OC[C@H]2O[C@@H](n3cnc4c(=O)[nH]c(NC(=O)C(C)C)nc43)[C@@H](O[PH](=O)O)[C@@H]2O[Si](C)(C)C(C)(C)C)(c2ccccc2)c2ccc(OC)cc2)cc1. The van der Waals surface area contributed by atoms with Crippen LogP contribution in [0.4, 0.5) is 5.95 Å². The van der Waals surface area contributed by atoms with E-state index in [1.54, 1.807) is 28.1 Å². The van der Waals surface area contributed by atoms with E-state index in [0.717, 1.165) is 16.7 Å². The standard InChI is InChI=1S/C41H52N5O10PSi/c1-25(2)36(47)44-39-43-35-32(37(48)45-39)42-24-46(35)38-34(55-57(49)50)33(56-58(8,9)40(3,4)5)31(54-38)23-53-41(26-13-11-10-12-14-26,27-15-19-29(51-6)20-16-27)28-17-21-30(52-7)22-18-28/h10-22,24-25,31,33-34,38,57H,23H2,1-9H3,(H,49,50)(H2,43,44,45,47,48)/t31-,33-,34+,38-/m1/s1. The van der Waals surface area contributed by atoms with Gasteiger partial charge in [-0.2, -0.15) is 4.98 Å².